The summed E-state index contributed by atoms with van der Waals surface area (Å²) in [5.74, 6) is 0.305. The van der Waals surface area contributed by atoms with Crippen LogP contribution in [0, 0.1) is 0 Å². The predicted molar refractivity (Wildman–Crippen MR) is 62.8 cm³/mol. The van der Waals surface area contributed by atoms with E-state index in [2.05, 4.69) is 26.1 Å². The highest BCUT2D eigenvalue weighted by Crippen LogP contribution is 2.13. The topological polar surface area (TPSA) is 32.3 Å². The molecule has 1 N–H and O–H groups in total. The third-order valence-electron chi connectivity index (χ3n) is 2.86. The summed E-state index contributed by atoms with van der Waals surface area (Å²) in [6, 6.07) is 0.473. The fourth-order valence-electron chi connectivity index (χ4n) is 2.07. The van der Waals surface area contributed by atoms with Gasteiger partial charge in [-0.25, -0.2) is 0 Å². The van der Waals surface area contributed by atoms with E-state index >= 15 is 0 Å². The van der Waals surface area contributed by atoms with E-state index in [1.165, 1.54) is 12.8 Å². The standard InChI is InChI=1S/C12H24N2O/c1-4-5-6-8-14-9-7-11(12(14)15)13-10(2)3/h10-11,13H,4-9H2,1-3H3. The quantitative estimate of drug-likeness (QED) is 0.681. The summed E-state index contributed by atoms with van der Waals surface area (Å²) < 4.78 is 0. The van der Waals surface area contributed by atoms with Gasteiger partial charge in [-0.1, -0.05) is 33.6 Å². The molecule has 0 aromatic rings. The molecule has 0 radical (unpaired) electrons. The average Bonchev–Trinajstić information content (AvgIpc) is 2.49. The minimum Gasteiger partial charge on any atom is -0.341 e. The zero-order valence-corrected chi connectivity index (χ0v) is 10.3. The van der Waals surface area contributed by atoms with Crippen molar-refractivity contribution in [3.63, 3.8) is 0 Å². The molecule has 1 rings (SSSR count). The van der Waals surface area contributed by atoms with Crippen LogP contribution in [0.4, 0.5) is 0 Å². The van der Waals surface area contributed by atoms with Gasteiger partial charge in [0, 0.05) is 19.1 Å². The van der Waals surface area contributed by atoms with E-state index < -0.39 is 0 Å². The molecule has 1 aliphatic rings. The maximum absolute atomic E-state index is 11.9. The lowest BCUT2D eigenvalue weighted by Crippen LogP contribution is -2.41. The Labute approximate surface area is 93.2 Å². The van der Waals surface area contributed by atoms with Gasteiger partial charge in [-0.05, 0) is 12.8 Å². The van der Waals surface area contributed by atoms with Gasteiger partial charge < -0.3 is 10.2 Å². The van der Waals surface area contributed by atoms with Crippen LogP contribution in [0.1, 0.15) is 46.5 Å². The second kappa shape index (κ2) is 6.11. The maximum atomic E-state index is 11.9. The Hall–Kier alpha value is -0.570. The third kappa shape index (κ3) is 3.82. The molecular formula is C12H24N2O. The van der Waals surface area contributed by atoms with Gasteiger partial charge in [-0.3, -0.25) is 4.79 Å². The Morgan fingerprint density at radius 2 is 2.20 bits per heavy atom. The van der Waals surface area contributed by atoms with Crippen LogP contribution < -0.4 is 5.32 Å². The molecule has 0 aromatic heterocycles. The second-order valence-corrected chi connectivity index (χ2v) is 4.70. The monoisotopic (exact) mass is 212 g/mol. The van der Waals surface area contributed by atoms with E-state index in [0.717, 1.165) is 25.9 Å². The lowest BCUT2D eigenvalue weighted by molar-refractivity contribution is -0.129. The van der Waals surface area contributed by atoms with Gasteiger partial charge in [0.2, 0.25) is 5.91 Å². The third-order valence-corrected chi connectivity index (χ3v) is 2.86. The van der Waals surface area contributed by atoms with Crippen molar-refractivity contribution >= 4 is 5.91 Å². The molecule has 1 aliphatic heterocycles. The second-order valence-electron chi connectivity index (χ2n) is 4.70. The number of nitrogens with zero attached hydrogens (tertiary/aromatic N) is 1. The van der Waals surface area contributed by atoms with Gasteiger partial charge in [-0.2, -0.15) is 0 Å². The number of likely N-dealkylation sites (tertiary alicyclic amines) is 1. The number of hydrogen-bond acceptors (Lipinski definition) is 2. The van der Waals surface area contributed by atoms with Crippen LogP contribution in [0.2, 0.25) is 0 Å². The minimum atomic E-state index is 0.0756. The zero-order chi connectivity index (χ0) is 11.3. The van der Waals surface area contributed by atoms with Crippen molar-refractivity contribution in [2.24, 2.45) is 0 Å². The maximum Gasteiger partial charge on any atom is 0.239 e. The number of rotatable bonds is 6. The van der Waals surface area contributed by atoms with Crippen molar-refractivity contribution in [2.75, 3.05) is 13.1 Å². The van der Waals surface area contributed by atoms with Crippen molar-refractivity contribution < 1.29 is 4.79 Å². The summed E-state index contributed by atoms with van der Waals surface area (Å²) in [5, 5.41) is 3.32. The highest BCUT2D eigenvalue weighted by molar-refractivity contribution is 5.83. The number of hydrogen-bond donors (Lipinski definition) is 1. The molecule has 1 atom stereocenters. The lowest BCUT2D eigenvalue weighted by atomic mass is 10.2. The molecule has 3 nitrogen and oxygen atoms in total. The molecule has 15 heavy (non-hydrogen) atoms. The Morgan fingerprint density at radius 3 is 2.80 bits per heavy atom. The van der Waals surface area contributed by atoms with E-state index in [1.54, 1.807) is 0 Å². The highest BCUT2D eigenvalue weighted by atomic mass is 16.2. The largest absolute Gasteiger partial charge is 0.341 e. The van der Waals surface area contributed by atoms with Crippen LogP contribution in [-0.2, 0) is 4.79 Å². The summed E-state index contributed by atoms with van der Waals surface area (Å²) >= 11 is 0. The van der Waals surface area contributed by atoms with E-state index in [9.17, 15) is 4.79 Å². The van der Waals surface area contributed by atoms with E-state index in [4.69, 9.17) is 0 Å². The van der Waals surface area contributed by atoms with Crippen molar-refractivity contribution in [1.29, 1.82) is 0 Å². The fraction of sp³-hybridized carbons (Fsp3) is 0.917. The molecule has 0 aromatic carbocycles. The molecule has 1 fully saturated rings. The molecule has 0 spiro atoms. The van der Waals surface area contributed by atoms with Gasteiger partial charge >= 0.3 is 0 Å². The summed E-state index contributed by atoms with van der Waals surface area (Å²) in [7, 11) is 0. The first-order valence-corrected chi connectivity index (χ1v) is 6.20. The molecule has 0 saturated carbocycles. The number of nitrogens with one attached hydrogen (secondary N) is 1. The number of carbonyl (C=O) groups is 1. The van der Waals surface area contributed by atoms with E-state index in [1.807, 2.05) is 4.90 Å². The Bertz CT molecular complexity index is 204. The summed E-state index contributed by atoms with van der Waals surface area (Å²) in [4.78, 5) is 13.9. The van der Waals surface area contributed by atoms with E-state index in [-0.39, 0.29) is 6.04 Å². The lowest BCUT2D eigenvalue weighted by Gasteiger charge is -2.18. The number of amides is 1. The van der Waals surface area contributed by atoms with Gasteiger partial charge in [-0.15, -0.1) is 0 Å². The summed E-state index contributed by atoms with van der Waals surface area (Å²) in [5.41, 5.74) is 0. The Kier molecular flexibility index (Phi) is 5.09. The summed E-state index contributed by atoms with van der Waals surface area (Å²) in [6.07, 6.45) is 4.57. The predicted octanol–water partition coefficient (Wildman–Crippen LogP) is 1.78. The van der Waals surface area contributed by atoms with Crippen molar-refractivity contribution in [2.45, 2.75) is 58.5 Å². The highest BCUT2D eigenvalue weighted by Gasteiger charge is 2.30. The van der Waals surface area contributed by atoms with Crippen molar-refractivity contribution in [3.8, 4) is 0 Å². The normalized spacial score (nSPS) is 21.7. The van der Waals surface area contributed by atoms with Crippen LogP contribution in [0.5, 0.6) is 0 Å². The van der Waals surface area contributed by atoms with Crippen LogP contribution in [0.3, 0.4) is 0 Å². The molecule has 1 unspecified atom stereocenters. The zero-order valence-electron chi connectivity index (χ0n) is 10.3. The minimum absolute atomic E-state index is 0.0756. The van der Waals surface area contributed by atoms with Crippen LogP contribution in [-0.4, -0.2) is 36.0 Å². The summed E-state index contributed by atoms with van der Waals surface area (Å²) in [6.45, 7) is 8.25. The van der Waals surface area contributed by atoms with Gasteiger partial charge in [0.05, 0.1) is 6.04 Å². The number of carbonyl (C=O) groups excluding carboxylic acids is 1. The smallest absolute Gasteiger partial charge is 0.239 e. The molecule has 0 bridgehead atoms. The SMILES string of the molecule is CCCCCN1CCC(NC(C)C)C1=O. The van der Waals surface area contributed by atoms with Gasteiger partial charge in [0.1, 0.15) is 0 Å². The molecule has 88 valence electrons. The Morgan fingerprint density at radius 1 is 1.47 bits per heavy atom. The molecule has 1 amide bonds. The average molecular weight is 212 g/mol. The Balaban J connectivity index is 2.29. The first-order chi connectivity index (χ1) is 7.15. The fourth-order valence-corrected chi connectivity index (χ4v) is 2.07. The van der Waals surface area contributed by atoms with Crippen LogP contribution in [0.15, 0.2) is 0 Å². The molecule has 1 heterocycles. The number of unbranched alkanes of at least 4 members (excludes halogenated alkanes) is 2. The molecule has 0 aliphatic carbocycles. The van der Waals surface area contributed by atoms with Gasteiger partial charge in [0.15, 0.2) is 0 Å². The van der Waals surface area contributed by atoms with Crippen molar-refractivity contribution in [3.05, 3.63) is 0 Å². The van der Waals surface area contributed by atoms with E-state index in [0.29, 0.717) is 11.9 Å². The van der Waals surface area contributed by atoms with Crippen molar-refractivity contribution in [1.82, 2.24) is 10.2 Å². The van der Waals surface area contributed by atoms with Gasteiger partial charge in [0.25, 0.3) is 0 Å². The molecule has 1 saturated heterocycles. The molecule has 3 heteroatoms. The van der Waals surface area contributed by atoms with Crippen LogP contribution in [0.25, 0.3) is 0 Å². The first-order valence-electron chi connectivity index (χ1n) is 6.20. The van der Waals surface area contributed by atoms with Crippen LogP contribution >= 0.6 is 0 Å². The first kappa shape index (κ1) is 12.5. The molecular weight excluding hydrogens is 188 g/mol.